The lowest BCUT2D eigenvalue weighted by molar-refractivity contribution is 0.341. The minimum Gasteiger partial charge on any atom is -0.493 e. The third kappa shape index (κ3) is 3.95. The first-order valence-electron chi connectivity index (χ1n) is 8.37. The molecule has 0 aliphatic rings. The Morgan fingerprint density at radius 3 is 2.63 bits per heavy atom. The topological polar surface area (TPSA) is 87.0 Å². The summed E-state index contributed by atoms with van der Waals surface area (Å²) in [5, 5.41) is 4.53. The summed E-state index contributed by atoms with van der Waals surface area (Å²) < 4.78 is 31.5. The minimum atomic E-state index is -3.90. The molecule has 2 heterocycles. The van der Waals surface area contributed by atoms with E-state index in [0.29, 0.717) is 28.3 Å². The number of hydrogen-bond donors (Lipinski definition) is 0. The molecule has 0 aliphatic carbocycles. The van der Waals surface area contributed by atoms with Gasteiger partial charge in [0.05, 0.1) is 22.8 Å². The summed E-state index contributed by atoms with van der Waals surface area (Å²) in [6.45, 7) is 4.33. The molecule has 2 aromatic heterocycles. The Kier molecular flexibility index (Phi) is 5.73. The lowest BCUT2D eigenvalue weighted by Gasteiger charge is -2.11. The minimum absolute atomic E-state index is 0.0394. The summed E-state index contributed by atoms with van der Waals surface area (Å²) in [7, 11) is 3.45. The van der Waals surface area contributed by atoms with Crippen LogP contribution < -0.4 is 4.74 Å². The zero-order valence-electron chi connectivity index (χ0n) is 15.0. The summed E-state index contributed by atoms with van der Waals surface area (Å²) in [4.78, 5) is 9.13. The van der Waals surface area contributed by atoms with Crippen LogP contribution in [0.2, 0.25) is 0 Å². The highest BCUT2D eigenvalue weighted by atomic mass is 79.9. The van der Waals surface area contributed by atoms with Crippen molar-refractivity contribution >= 4 is 46.7 Å². The van der Waals surface area contributed by atoms with E-state index in [1.807, 2.05) is 14.0 Å². The Bertz CT molecular complexity index is 1120. The second-order valence-corrected chi connectivity index (χ2v) is 9.20. The summed E-state index contributed by atoms with van der Waals surface area (Å²) >= 11 is 3.48. The van der Waals surface area contributed by atoms with Crippen molar-refractivity contribution in [3.05, 3.63) is 28.5 Å². The molecule has 144 valence electrons. The van der Waals surface area contributed by atoms with Gasteiger partial charge in [-0.25, -0.2) is 18.4 Å². The van der Waals surface area contributed by atoms with E-state index in [2.05, 4.69) is 37.9 Å². The van der Waals surface area contributed by atoms with Crippen molar-refractivity contribution in [2.24, 2.45) is 7.05 Å². The van der Waals surface area contributed by atoms with E-state index in [1.54, 1.807) is 10.7 Å². The molecule has 10 heteroatoms. The van der Waals surface area contributed by atoms with Crippen LogP contribution in [0.4, 0.5) is 0 Å². The van der Waals surface area contributed by atoms with Crippen molar-refractivity contribution in [1.82, 2.24) is 19.7 Å². The molecule has 0 radical (unpaired) electrons. The van der Waals surface area contributed by atoms with E-state index >= 15 is 0 Å². The van der Waals surface area contributed by atoms with Gasteiger partial charge in [0.15, 0.2) is 5.82 Å². The molecule has 0 atom stereocenters. The van der Waals surface area contributed by atoms with Crippen LogP contribution in [0.3, 0.4) is 0 Å². The van der Waals surface area contributed by atoms with Gasteiger partial charge in [0.2, 0.25) is 0 Å². The molecule has 27 heavy (non-hydrogen) atoms. The van der Waals surface area contributed by atoms with E-state index in [-0.39, 0.29) is 4.90 Å². The molecule has 7 nitrogen and oxygen atoms in total. The van der Waals surface area contributed by atoms with Gasteiger partial charge in [0.1, 0.15) is 21.4 Å². The van der Waals surface area contributed by atoms with Crippen LogP contribution in [0.25, 0.3) is 22.4 Å². The molecule has 0 N–H and O–H groups in total. The number of nitrogens with zero attached hydrogens (tertiary/aromatic N) is 4. The Morgan fingerprint density at radius 1 is 1.26 bits per heavy atom. The maximum absolute atomic E-state index is 11.8. The maximum atomic E-state index is 11.8. The maximum Gasteiger partial charge on any atom is 0.261 e. The van der Waals surface area contributed by atoms with Crippen LogP contribution in [-0.4, -0.2) is 34.8 Å². The first-order chi connectivity index (χ1) is 12.8. The highest BCUT2D eigenvalue weighted by Gasteiger charge is 2.20. The van der Waals surface area contributed by atoms with Crippen molar-refractivity contribution in [2.45, 2.75) is 31.6 Å². The van der Waals surface area contributed by atoms with Gasteiger partial charge in [-0.05, 0) is 47.5 Å². The highest BCUT2D eigenvalue weighted by molar-refractivity contribution is 9.10. The quantitative estimate of drug-likeness (QED) is 0.396. The van der Waals surface area contributed by atoms with Gasteiger partial charge < -0.3 is 4.74 Å². The van der Waals surface area contributed by atoms with Gasteiger partial charge in [0.25, 0.3) is 9.05 Å². The molecule has 0 saturated heterocycles. The van der Waals surface area contributed by atoms with Crippen molar-refractivity contribution in [3.8, 4) is 17.1 Å². The van der Waals surface area contributed by atoms with Gasteiger partial charge >= 0.3 is 0 Å². The van der Waals surface area contributed by atoms with E-state index in [9.17, 15) is 8.42 Å². The molecule has 0 bridgehead atoms. The summed E-state index contributed by atoms with van der Waals surface area (Å²) in [6, 6.07) is 4.39. The van der Waals surface area contributed by atoms with Crippen molar-refractivity contribution in [1.29, 1.82) is 0 Å². The van der Waals surface area contributed by atoms with E-state index in [1.165, 1.54) is 12.1 Å². The highest BCUT2D eigenvalue weighted by Crippen LogP contribution is 2.34. The largest absolute Gasteiger partial charge is 0.493 e. The third-order valence-electron chi connectivity index (χ3n) is 3.97. The van der Waals surface area contributed by atoms with E-state index < -0.39 is 9.05 Å². The van der Waals surface area contributed by atoms with Gasteiger partial charge in [-0.3, -0.25) is 4.68 Å². The number of hydrogen-bond acceptors (Lipinski definition) is 6. The van der Waals surface area contributed by atoms with Gasteiger partial charge in [-0.2, -0.15) is 5.10 Å². The molecule has 3 rings (SSSR count). The average molecular weight is 474 g/mol. The SMILES string of the molecule is CCCc1nn(C)c2c(Br)nc(-c3cc(S(=O)(=O)Cl)ccc3OCC)nc12. The Balaban J connectivity index is 2.29. The Hall–Kier alpha value is -1.71. The first-order valence-corrected chi connectivity index (χ1v) is 11.5. The standard InChI is InChI=1S/C17H18BrClN4O3S/c1-4-6-12-14-15(23(3)22-12)16(18)21-17(20-14)11-9-10(27(19,24)25)7-8-13(11)26-5-2/h7-9H,4-6H2,1-3H3. The number of ether oxygens (including phenoxy) is 1. The summed E-state index contributed by atoms with van der Waals surface area (Å²) in [6.07, 6.45) is 1.70. The van der Waals surface area contributed by atoms with Crippen molar-refractivity contribution in [2.75, 3.05) is 6.61 Å². The molecule has 0 fully saturated rings. The lowest BCUT2D eigenvalue weighted by atomic mass is 10.1. The Labute approximate surface area is 170 Å². The smallest absolute Gasteiger partial charge is 0.261 e. The van der Waals surface area contributed by atoms with Crippen LogP contribution in [-0.2, 0) is 22.5 Å². The van der Waals surface area contributed by atoms with Crippen molar-refractivity contribution < 1.29 is 13.2 Å². The molecule has 0 saturated carbocycles. The molecule has 0 spiro atoms. The fourth-order valence-electron chi connectivity index (χ4n) is 2.84. The van der Waals surface area contributed by atoms with Crippen molar-refractivity contribution in [3.63, 3.8) is 0 Å². The van der Waals surface area contributed by atoms with Gasteiger partial charge in [0, 0.05) is 17.7 Å². The lowest BCUT2D eigenvalue weighted by Crippen LogP contribution is -2.01. The molecule has 3 aromatic rings. The number of benzene rings is 1. The predicted octanol–water partition coefficient (Wildman–Crippen LogP) is 4.07. The number of aryl methyl sites for hydroxylation is 2. The number of aromatic nitrogens is 4. The van der Waals surface area contributed by atoms with Crippen LogP contribution in [0.1, 0.15) is 26.0 Å². The van der Waals surface area contributed by atoms with Crippen LogP contribution in [0.15, 0.2) is 27.7 Å². The number of fused-ring (bicyclic) bond motifs is 1. The monoisotopic (exact) mass is 472 g/mol. The van der Waals surface area contributed by atoms with Gasteiger partial charge in [-0.1, -0.05) is 13.3 Å². The van der Waals surface area contributed by atoms with Crippen LogP contribution in [0.5, 0.6) is 5.75 Å². The van der Waals surface area contributed by atoms with Crippen LogP contribution in [0, 0.1) is 0 Å². The van der Waals surface area contributed by atoms with Crippen LogP contribution >= 0.6 is 26.6 Å². The fraction of sp³-hybridized carbons (Fsp3) is 0.353. The second kappa shape index (κ2) is 7.73. The molecular weight excluding hydrogens is 456 g/mol. The second-order valence-electron chi connectivity index (χ2n) is 5.88. The summed E-state index contributed by atoms with van der Waals surface area (Å²) in [5.74, 6) is 0.819. The third-order valence-corrected chi connectivity index (χ3v) is 5.87. The normalized spacial score (nSPS) is 11.9. The number of rotatable bonds is 6. The molecule has 0 amide bonds. The predicted molar refractivity (Wildman–Crippen MR) is 108 cm³/mol. The Morgan fingerprint density at radius 2 is 2.00 bits per heavy atom. The molecule has 0 aliphatic heterocycles. The van der Waals surface area contributed by atoms with E-state index in [4.69, 9.17) is 15.4 Å². The fourth-order valence-corrected chi connectivity index (χ4v) is 4.23. The molecular formula is C17H18BrClN4O3S. The summed E-state index contributed by atoms with van der Waals surface area (Å²) in [5.41, 5.74) is 2.81. The van der Waals surface area contributed by atoms with E-state index in [0.717, 1.165) is 29.6 Å². The zero-order valence-corrected chi connectivity index (χ0v) is 18.2. The van der Waals surface area contributed by atoms with Gasteiger partial charge in [-0.15, -0.1) is 0 Å². The zero-order chi connectivity index (χ0) is 19.8. The molecule has 0 unspecified atom stereocenters. The molecule has 1 aromatic carbocycles. The first kappa shape index (κ1) is 20.0. The number of halogens is 2. The average Bonchev–Trinajstić information content (AvgIpc) is 2.91.